The number of rotatable bonds is 7. The Morgan fingerprint density at radius 2 is 2.00 bits per heavy atom. The molecule has 0 aromatic carbocycles. The summed E-state index contributed by atoms with van der Waals surface area (Å²) in [5, 5.41) is 27.6. The summed E-state index contributed by atoms with van der Waals surface area (Å²) >= 11 is 0. The Bertz CT molecular complexity index is 195. The zero-order chi connectivity index (χ0) is 11.0. The number of hydrogen-bond acceptors (Lipinski definition) is 6. The summed E-state index contributed by atoms with van der Waals surface area (Å²) in [6.45, 7) is -1.37. The maximum Gasteiger partial charge on any atom is 0.320 e. The van der Waals surface area contributed by atoms with E-state index in [-0.39, 0.29) is 19.7 Å². The molecule has 0 aliphatic rings. The van der Waals surface area contributed by atoms with Crippen molar-refractivity contribution in [2.24, 2.45) is 0 Å². The van der Waals surface area contributed by atoms with Crippen LogP contribution in [0.15, 0.2) is 0 Å². The summed E-state index contributed by atoms with van der Waals surface area (Å²) in [5.41, 5.74) is 0. The van der Waals surface area contributed by atoms with Crippen molar-refractivity contribution in [2.75, 3.05) is 26.3 Å². The molecule has 0 aromatic rings. The minimum atomic E-state index is -1.10. The van der Waals surface area contributed by atoms with Crippen molar-refractivity contribution in [3.8, 4) is 0 Å². The third kappa shape index (κ3) is 7.47. The SMILES string of the molecule is O=C(O)CNCC(=O)OCC(O)CO. The first-order chi connectivity index (χ1) is 6.56. The Morgan fingerprint density at radius 3 is 2.50 bits per heavy atom. The van der Waals surface area contributed by atoms with Gasteiger partial charge in [0.25, 0.3) is 0 Å². The molecule has 0 heterocycles. The maximum absolute atomic E-state index is 10.8. The number of ether oxygens (including phenoxy) is 1. The fourth-order valence-electron chi connectivity index (χ4n) is 0.564. The molecule has 0 radical (unpaired) electrons. The molecule has 0 rings (SSSR count). The van der Waals surface area contributed by atoms with Crippen molar-refractivity contribution in [3.63, 3.8) is 0 Å². The number of esters is 1. The average molecular weight is 207 g/mol. The smallest absolute Gasteiger partial charge is 0.320 e. The van der Waals surface area contributed by atoms with E-state index in [4.69, 9.17) is 15.3 Å². The Balaban J connectivity index is 3.41. The van der Waals surface area contributed by atoms with Crippen molar-refractivity contribution in [1.29, 1.82) is 0 Å². The lowest BCUT2D eigenvalue weighted by atomic mass is 10.4. The van der Waals surface area contributed by atoms with E-state index < -0.39 is 24.6 Å². The second-order valence-electron chi connectivity index (χ2n) is 2.52. The van der Waals surface area contributed by atoms with Gasteiger partial charge in [-0.1, -0.05) is 0 Å². The molecule has 0 spiro atoms. The first-order valence-corrected chi connectivity index (χ1v) is 3.93. The molecule has 0 aliphatic carbocycles. The number of carboxylic acids is 1. The summed E-state index contributed by atoms with van der Waals surface area (Å²) in [6.07, 6.45) is -1.10. The number of aliphatic hydroxyl groups excluding tert-OH is 2. The highest BCUT2D eigenvalue weighted by molar-refractivity contribution is 5.73. The third-order valence-corrected chi connectivity index (χ3v) is 1.19. The highest BCUT2D eigenvalue weighted by Gasteiger charge is 2.07. The van der Waals surface area contributed by atoms with E-state index >= 15 is 0 Å². The maximum atomic E-state index is 10.8. The van der Waals surface area contributed by atoms with Crippen LogP contribution in [0, 0.1) is 0 Å². The van der Waals surface area contributed by atoms with Gasteiger partial charge in [-0.25, -0.2) is 0 Å². The van der Waals surface area contributed by atoms with Crippen LogP contribution >= 0.6 is 0 Å². The van der Waals surface area contributed by atoms with Gasteiger partial charge in [0.2, 0.25) is 0 Å². The molecule has 4 N–H and O–H groups in total. The third-order valence-electron chi connectivity index (χ3n) is 1.19. The van der Waals surface area contributed by atoms with Gasteiger partial charge in [-0.15, -0.1) is 0 Å². The molecule has 1 atom stereocenters. The molecular weight excluding hydrogens is 194 g/mol. The highest BCUT2D eigenvalue weighted by Crippen LogP contribution is 1.84. The Hall–Kier alpha value is -1.18. The van der Waals surface area contributed by atoms with Crippen LogP contribution in [0.25, 0.3) is 0 Å². The predicted octanol–water partition coefficient (Wildman–Crippen LogP) is -2.44. The van der Waals surface area contributed by atoms with Gasteiger partial charge in [0.15, 0.2) is 0 Å². The summed E-state index contributed by atoms with van der Waals surface area (Å²) in [7, 11) is 0. The molecule has 0 aliphatic heterocycles. The van der Waals surface area contributed by atoms with Crippen LogP contribution in [-0.4, -0.2) is 59.7 Å². The van der Waals surface area contributed by atoms with Gasteiger partial charge >= 0.3 is 11.9 Å². The van der Waals surface area contributed by atoms with Crippen LogP contribution < -0.4 is 5.32 Å². The van der Waals surface area contributed by atoms with Gasteiger partial charge in [-0.05, 0) is 0 Å². The first kappa shape index (κ1) is 12.8. The molecular formula is C7H13NO6. The number of carbonyl (C=O) groups excluding carboxylic acids is 1. The number of hydrogen-bond donors (Lipinski definition) is 4. The molecule has 14 heavy (non-hydrogen) atoms. The molecule has 0 amide bonds. The zero-order valence-electron chi connectivity index (χ0n) is 7.47. The fraction of sp³-hybridized carbons (Fsp3) is 0.714. The van der Waals surface area contributed by atoms with E-state index in [9.17, 15) is 9.59 Å². The molecule has 7 nitrogen and oxygen atoms in total. The van der Waals surface area contributed by atoms with E-state index in [0.29, 0.717) is 0 Å². The second kappa shape index (κ2) is 7.25. The van der Waals surface area contributed by atoms with E-state index in [1.165, 1.54) is 0 Å². The van der Waals surface area contributed by atoms with E-state index in [2.05, 4.69) is 10.1 Å². The van der Waals surface area contributed by atoms with E-state index in [1.54, 1.807) is 0 Å². The Kier molecular flexibility index (Phi) is 6.63. The van der Waals surface area contributed by atoms with Crippen LogP contribution in [0.2, 0.25) is 0 Å². The standard InChI is InChI=1S/C7H13NO6/c9-3-5(10)4-14-7(13)2-8-1-6(11)12/h5,8-10H,1-4H2,(H,11,12). The van der Waals surface area contributed by atoms with Crippen LogP contribution in [0.5, 0.6) is 0 Å². The van der Waals surface area contributed by atoms with Gasteiger partial charge in [-0.3, -0.25) is 14.9 Å². The lowest BCUT2D eigenvalue weighted by Crippen LogP contribution is -2.31. The lowest BCUT2D eigenvalue weighted by molar-refractivity contribution is -0.146. The number of carbonyl (C=O) groups is 2. The lowest BCUT2D eigenvalue weighted by Gasteiger charge is -2.08. The summed E-state index contributed by atoms with van der Waals surface area (Å²) in [4.78, 5) is 20.8. The molecule has 82 valence electrons. The van der Waals surface area contributed by atoms with Crippen LogP contribution in [0.3, 0.4) is 0 Å². The quantitative estimate of drug-likeness (QED) is 0.342. The van der Waals surface area contributed by atoms with E-state index in [0.717, 1.165) is 0 Å². The Labute approximate surface area is 80.3 Å². The first-order valence-electron chi connectivity index (χ1n) is 3.93. The molecule has 0 saturated carbocycles. The van der Waals surface area contributed by atoms with Crippen molar-refractivity contribution in [3.05, 3.63) is 0 Å². The largest absolute Gasteiger partial charge is 0.480 e. The molecule has 0 saturated heterocycles. The normalized spacial score (nSPS) is 12.1. The van der Waals surface area contributed by atoms with Gasteiger partial charge in [0.1, 0.15) is 12.7 Å². The summed E-state index contributed by atoms with van der Waals surface area (Å²) in [5.74, 6) is -1.76. The van der Waals surface area contributed by atoms with Crippen molar-refractivity contribution >= 4 is 11.9 Å². The fourth-order valence-corrected chi connectivity index (χ4v) is 0.564. The predicted molar refractivity (Wildman–Crippen MR) is 44.6 cm³/mol. The van der Waals surface area contributed by atoms with Gasteiger partial charge in [0.05, 0.1) is 19.7 Å². The number of aliphatic carboxylic acids is 1. The summed E-state index contributed by atoms with van der Waals surface area (Å²) in [6, 6.07) is 0. The topological polar surface area (TPSA) is 116 Å². The average Bonchev–Trinajstić information content (AvgIpc) is 2.13. The second-order valence-corrected chi connectivity index (χ2v) is 2.52. The molecule has 7 heteroatoms. The van der Waals surface area contributed by atoms with Crippen LogP contribution in [0.1, 0.15) is 0 Å². The number of aliphatic hydroxyl groups is 2. The highest BCUT2D eigenvalue weighted by atomic mass is 16.5. The van der Waals surface area contributed by atoms with Crippen LogP contribution in [-0.2, 0) is 14.3 Å². The Morgan fingerprint density at radius 1 is 1.36 bits per heavy atom. The number of carboxylic acid groups (broad SMARTS) is 1. The van der Waals surface area contributed by atoms with Gasteiger partial charge in [-0.2, -0.15) is 0 Å². The molecule has 0 fully saturated rings. The monoisotopic (exact) mass is 207 g/mol. The van der Waals surface area contributed by atoms with Crippen molar-refractivity contribution in [1.82, 2.24) is 5.32 Å². The van der Waals surface area contributed by atoms with Crippen LogP contribution in [0.4, 0.5) is 0 Å². The minimum Gasteiger partial charge on any atom is -0.480 e. The summed E-state index contributed by atoms with van der Waals surface area (Å²) < 4.78 is 4.47. The van der Waals surface area contributed by atoms with Crippen molar-refractivity contribution in [2.45, 2.75) is 6.10 Å². The minimum absolute atomic E-state index is 0.246. The zero-order valence-corrected chi connectivity index (χ0v) is 7.47. The van der Waals surface area contributed by atoms with E-state index in [1.807, 2.05) is 0 Å². The molecule has 0 bridgehead atoms. The van der Waals surface area contributed by atoms with Gasteiger partial charge < -0.3 is 20.1 Å². The van der Waals surface area contributed by atoms with Crippen molar-refractivity contribution < 1.29 is 29.6 Å². The molecule has 0 aromatic heterocycles. The van der Waals surface area contributed by atoms with Gasteiger partial charge in [0, 0.05) is 0 Å². The molecule has 1 unspecified atom stereocenters. The number of nitrogens with one attached hydrogen (secondary N) is 1.